The summed E-state index contributed by atoms with van der Waals surface area (Å²) < 4.78 is 70.0. The van der Waals surface area contributed by atoms with Crippen molar-refractivity contribution in [2.45, 2.75) is 48.3 Å². The molecule has 0 unspecified atom stereocenters. The summed E-state index contributed by atoms with van der Waals surface area (Å²) >= 11 is 0. The minimum absolute atomic E-state index is 0.0122. The molecule has 0 atom stereocenters. The third-order valence-electron chi connectivity index (χ3n) is 6.45. The van der Waals surface area contributed by atoms with Gasteiger partial charge in [0.05, 0.1) is 21.2 Å². The lowest BCUT2D eigenvalue weighted by Gasteiger charge is -2.31. The Bertz CT molecular complexity index is 1450. The summed E-state index contributed by atoms with van der Waals surface area (Å²) in [5, 5.41) is 0. The van der Waals surface area contributed by atoms with E-state index in [1.807, 2.05) is 6.07 Å². The molecule has 2 aliphatic rings. The second kappa shape index (κ2) is 8.70. The van der Waals surface area contributed by atoms with Crippen LogP contribution in [0.1, 0.15) is 36.0 Å². The lowest BCUT2D eigenvalue weighted by Crippen LogP contribution is -2.35. The molecule has 0 spiro atoms. The van der Waals surface area contributed by atoms with Crippen molar-refractivity contribution in [3.05, 3.63) is 83.2 Å². The molecule has 178 valence electrons. The zero-order chi connectivity index (χ0) is 23.9. The van der Waals surface area contributed by atoms with E-state index in [4.69, 9.17) is 0 Å². The van der Waals surface area contributed by atoms with Crippen LogP contribution in [-0.2, 0) is 39.3 Å². The normalized spacial score (nSPS) is 16.0. The fourth-order valence-corrected chi connectivity index (χ4v) is 7.31. The fourth-order valence-electron chi connectivity index (χ4n) is 4.68. The van der Waals surface area contributed by atoms with E-state index in [9.17, 15) is 21.2 Å². The van der Waals surface area contributed by atoms with Crippen molar-refractivity contribution in [3.63, 3.8) is 0 Å². The molecule has 0 amide bonds. The molecule has 0 saturated carbocycles. The van der Waals surface area contributed by atoms with E-state index in [0.717, 1.165) is 48.9 Å². The number of fused-ring (bicyclic) bond motifs is 2. The molecule has 6 nitrogen and oxygen atoms in total. The van der Waals surface area contributed by atoms with Gasteiger partial charge in [0, 0.05) is 6.54 Å². The molecule has 34 heavy (non-hydrogen) atoms. The Balaban J connectivity index is 1.47. The lowest BCUT2D eigenvalue weighted by atomic mass is 9.92. The third-order valence-corrected chi connectivity index (χ3v) is 9.65. The first-order valence-corrected chi connectivity index (χ1v) is 14.2. The molecule has 1 aliphatic heterocycles. The van der Waals surface area contributed by atoms with E-state index in [-0.39, 0.29) is 22.0 Å². The molecule has 0 radical (unpaired) electrons. The van der Waals surface area contributed by atoms with Gasteiger partial charge in [0.15, 0.2) is 0 Å². The molecule has 1 aliphatic carbocycles. The van der Waals surface area contributed by atoms with Gasteiger partial charge < -0.3 is 0 Å². The van der Waals surface area contributed by atoms with Crippen LogP contribution in [-0.4, -0.2) is 23.4 Å². The Morgan fingerprint density at radius 2 is 1.35 bits per heavy atom. The molecular formula is C25H25FN2O4S2. The van der Waals surface area contributed by atoms with Crippen LogP contribution < -0.4 is 9.03 Å². The highest BCUT2D eigenvalue weighted by Crippen LogP contribution is 2.35. The van der Waals surface area contributed by atoms with Crippen molar-refractivity contribution in [2.75, 3.05) is 15.6 Å². The quantitative estimate of drug-likeness (QED) is 0.553. The van der Waals surface area contributed by atoms with E-state index in [1.54, 1.807) is 30.3 Å². The Morgan fingerprint density at radius 1 is 0.706 bits per heavy atom. The van der Waals surface area contributed by atoms with Gasteiger partial charge in [0.2, 0.25) is 0 Å². The second-order valence-corrected chi connectivity index (χ2v) is 12.3. The Labute approximate surface area is 199 Å². The summed E-state index contributed by atoms with van der Waals surface area (Å²) in [7, 11) is -7.77. The topological polar surface area (TPSA) is 83.6 Å². The van der Waals surface area contributed by atoms with Crippen LogP contribution in [0.25, 0.3) is 0 Å². The Hall–Kier alpha value is -2.91. The molecule has 3 aromatic carbocycles. The number of nitrogens with one attached hydrogen (secondary N) is 1. The molecule has 3 aromatic rings. The van der Waals surface area contributed by atoms with Gasteiger partial charge in [-0.15, -0.1) is 0 Å². The monoisotopic (exact) mass is 500 g/mol. The van der Waals surface area contributed by atoms with E-state index in [0.29, 0.717) is 18.5 Å². The van der Waals surface area contributed by atoms with Gasteiger partial charge in [0.1, 0.15) is 5.82 Å². The summed E-state index contributed by atoms with van der Waals surface area (Å²) in [5.74, 6) is -0.517. The number of sulfonamides is 2. The number of anilines is 2. The maximum Gasteiger partial charge on any atom is 0.264 e. The number of aryl methyl sites for hydroxylation is 3. The zero-order valence-electron chi connectivity index (χ0n) is 18.5. The number of rotatable bonds is 5. The maximum absolute atomic E-state index is 13.3. The minimum atomic E-state index is -3.93. The van der Waals surface area contributed by atoms with E-state index in [1.165, 1.54) is 22.0 Å². The fraction of sp³-hybridized carbons (Fsp3) is 0.280. The van der Waals surface area contributed by atoms with Gasteiger partial charge in [-0.25, -0.2) is 21.2 Å². The first kappa shape index (κ1) is 22.9. The number of hydrogen-bond acceptors (Lipinski definition) is 4. The van der Waals surface area contributed by atoms with Crippen LogP contribution in [0.4, 0.5) is 15.8 Å². The van der Waals surface area contributed by atoms with Crippen LogP contribution in [0.3, 0.4) is 0 Å². The average molecular weight is 501 g/mol. The molecule has 1 N–H and O–H groups in total. The summed E-state index contributed by atoms with van der Waals surface area (Å²) in [4.78, 5) is 0.184. The third kappa shape index (κ3) is 4.30. The summed E-state index contributed by atoms with van der Waals surface area (Å²) in [6, 6.07) is 14.9. The predicted molar refractivity (Wildman–Crippen MR) is 130 cm³/mol. The van der Waals surface area contributed by atoms with Crippen LogP contribution in [0, 0.1) is 5.82 Å². The van der Waals surface area contributed by atoms with Gasteiger partial charge in [-0.1, -0.05) is 12.1 Å². The summed E-state index contributed by atoms with van der Waals surface area (Å²) in [6.45, 7) is 0.258. The van der Waals surface area contributed by atoms with E-state index >= 15 is 0 Å². The lowest BCUT2D eigenvalue weighted by molar-refractivity contribution is 0.585. The van der Waals surface area contributed by atoms with Crippen LogP contribution in [0.2, 0.25) is 0 Å². The smallest absolute Gasteiger partial charge is 0.264 e. The van der Waals surface area contributed by atoms with Crippen molar-refractivity contribution in [1.29, 1.82) is 0 Å². The number of hydrogen-bond donors (Lipinski definition) is 1. The van der Waals surface area contributed by atoms with Gasteiger partial charge in [-0.05, 0) is 104 Å². The molecule has 0 fully saturated rings. The largest absolute Gasteiger partial charge is 0.280 e. The van der Waals surface area contributed by atoms with Crippen LogP contribution in [0.15, 0.2) is 70.5 Å². The molecule has 5 rings (SSSR count). The van der Waals surface area contributed by atoms with Gasteiger partial charge >= 0.3 is 0 Å². The molecule has 1 heterocycles. The average Bonchev–Trinajstić information content (AvgIpc) is 2.83. The Morgan fingerprint density at radius 3 is 2.12 bits per heavy atom. The minimum Gasteiger partial charge on any atom is -0.280 e. The maximum atomic E-state index is 13.3. The molecule has 0 saturated heterocycles. The predicted octanol–water partition coefficient (Wildman–Crippen LogP) is 4.65. The van der Waals surface area contributed by atoms with Crippen molar-refractivity contribution >= 4 is 31.4 Å². The van der Waals surface area contributed by atoms with Crippen molar-refractivity contribution in [2.24, 2.45) is 0 Å². The summed E-state index contributed by atoms with van der Waals surface area (Å²) in [6.07, 6.45) is 5.31. The molecule has 0 aromatic heterocycles. The highest BCUT2D eigenvalue weighted by atomic mass is 32.2. The molecular weight excluding hydrogens is 475 g/mol. The second-order valence-electron chi connectivity index (χ2n) is 8.72. The van der Waals surface area contributed by atoms with Crippen molar-refractivity contribution < 1.29 is 21.2 Å². The zero-order valence-corrected chi connectivity index (χ0v) is 20.1. The summed E-state index contributed by atoms with van der Waals surface area (Å²) in [5.41, 5.74) is 3.80. The first-order valence-electron chi connectivity index (χ1n) is 11.3. The highest BCUT2D eigenvalue weighted by Gasteiger charge is 2.30. The van der Waals surface area contributed by atoms with Crippen molar-refractivity contribution in [3.8, 4) is 0 Å². The standard InChI is InChI=1S/C25H25FN2O4S2/c26-21-9-13-23(14-10-21)34(31,32)28-15-3-6-19-7-11-22(17-25(19)28)27-33(29,30)24-12-8-18-4-1-2-5-20(18)16-24/h7-14,16-17,27H,1-6,15H2. The van der Waals surface area contributed by atoms with Gasteiger partial charge in [-0.2, -0.15) is 0 Å². The van der Waals surface area contributed by atoms with Crippen molar-refractivity contribution in [1.82, 2.24) is 0 Å². The van der Waals surface area contributed by atoms with E-state index < -0.39 is 25.9 Å². The van der Waals surface area contributed by atoms with Crippen LogP contribution in [0.5, 0.6) is 0 Å². The van der Waals surface area contributed by atoms with Gasteiger partial charge in [-0.3, -0.25) is 9.03 Å². The van der Waals surface area contributed by atoms with E-state index in [2.05, 4.69) is 4.72 Å². The SMILES string of the molecule is O=S(=O)(Nc1ccc2c(c1)N(S(=O)(=O)c1ccc(F)cc1)CCC2)c1ccc2c(c1)CCCC2. The number of benzene rings is 3. The van der Waals surface area contributed by atoms with Crippen LogP contribution >= 0.6 is 0 Å². The Kier molecular flexibility index (Phi) is 5.85. The molecule has 9 heteroatoms. The number of halogens is 1. The highest BCUT2D eigenvalue weighted by molar-refractivity contribution is 7.93. The first-order chi connectivity index (χ1) is 16.2. The molecule has 0 bridgehead atoms. The van der Waals surface area contributed by atoms with Gasteiger partial charge in [0.25, 0.3) is 20.0 Å². The number of nitrogens with zero attached hydrogens (tertiary/aromatic N) is 1.